The number of anilines is 1. The molecule has 0 saturated carbocycles. The van der Waals surface area contributed by atoms with Gasteiger partial charge in [0, 0.05) is 24.4 Å². The Balaban J connectivity index is 1.64. The van der Waals surface area contributed by atoms with Crippen LogP contribution in [-0.4, -0.2) is 33.6 Å². The zero-order chi connectivity index (χ0) is 18.6. The molecule has 1 aliphatic heterocycles. The number of ether oxygens (including phenoxy) is 1. The fourth-order valence-electron chi connectivity index (χ4n) is 2.80. The largest absolute Gasteiger partial charge is 0.377 e. The maximum absolute atomic E-state index is 12.3. The molecule has 2 aromatic rings. The van der Waals surface area contributed by atoms with Crippen LogP contribution in [0.15, 0.2) is 53.4 Å². The number of hydrogen-bond acceptors (Lipinski definition) is 4. The molecule has 3 rings (SSSR count). The first kappa shape index (κ1) is 18.6. The quantitative estimate of drug-likeness (QED) is 0.814. The zero-order valence-electron chi connectivity index (χ0n) is 14.6. The van der Waals surface area contributed by atoms with Gasteiger partial charge in [-0.3, -0.25) is 4.79 Å². The van der Waals surface area contributed by atoms with Crippen molar-refractivity contribution in [3.63, 3.8) is 0 Å². The summed E-state index contributed by atoms with van der Waals surface area (Å²) < 4.78 is 32.6. The lowest BCUT2D eigenvalue weighted by atomic mass is 10.2. The van der Waals surface area contributed by atoms with E-state index in [9.17, 15) is 13.2 Å². The standard InChI is InChI=1S/C19H22N2O4S/c1-14-4-2-5-16(12-14)21-19(22)15-7-9-18(10-8-15)26(23,24)20-13-17-6-3-11-25-17/h2,4-5,7-10,12,17,20H,3,6,11,13H2,1H3,(H,21,22). The first-order chi connectivity index (χ1) is 12.4. The van der Waals surface area contributed by atoms with Crippen LogP contribution in [0.3, 0.4) is 0 Å². The molecule has 1 fully saturated rings. The lowest BCUT2D eigenvalue weighted by molar-refractivity contribution is 0.102. The van der Waals surface area contributed by atoms with E-state index in [2.05, 4.69) is 10.0 Å². The molecule has 1 aliphatic rings. The van der Waals surface area contributed by atoms with Crippen molar-refractivity contribution in [1.82, 2.24) is 4.72 Å². The molecule has 1 unspecified atom stereocenters. The van der Waals surface area contributed by atoms with Gasteiger partial charge in [-0.15, -0.1) is 0 Å². The van der Waals surface area contributed by atoms with Crippen LogP contribution in [0.2, 0.25) is 0 Å². The minimum absolute atomic E-state index is 0.0656. The second-order valence-corrected chi connectivity index (χ2v) is 8.10. The summed E-state index contributed by atoms with van der Waals surface area (Å²) in [4.78, 5) is 12.4. The fraction of sp³-hybridized carbons (Fsp3) is 0.316. The van der Waals surface area contributed by atoms with Crippen molar-refractivity contribution in [2.45, 2.75) is 30.8 Å². The monoisotopic (exact) mass is 374 g/mol. The zero-order valence-corrected chi connectivity index (χ0v) is 15.4. The van der Waals surface area contributed by atoms with Crippen molar-refractivity contribution in [3.8, 4) is 0 Å². The Labute approximate surface area is 153 Å². The lowest BCUT2D eigenvalue weighted by Crippen LogP contribution is -2.31. The number of sulfonamides is 1. The van der Waals surface area contributed by atoms with Gasteiger partial charge in [0.15, 0.2) is 0 Å². The predicted octanol–water partition coefficient (Wildman–Crippen LogP) is 2.70. The molecule has 7 heteroatoms. The summed E-state index contributed by atoms with van der Waals surface area (Å²) in [5, 5.41) is 2.80. The number of carbonyl (C=O) groups excluding carboxylic acids is 1. The number of nitrogens with one attached hydrogen (secondary N) is 2. The van der Waals surface area contributed by atoms with Gasteiger partial charge in [0.2, 0.25) is 10.0 Å². The van der Waals surface area contributed by atoms with Crippen LogP contribution in [0.25, 0.3) is 0 Å². The molecule has 1 saturated heterocycles. The van der Waals surface area contributed by atoms with Crippen molar-refractivity contribution in [2.24, 2.45) is 0 Å². The molecule has 1 atom stereocenters. The average molecular weight is 374 g/mol. The Kier molecular flexibility index (Phi) is 5.70. The minimum Gasteiger partial charge on any atom is -0.377 e. The van der Waals surface area contributed by atoms with E-state index in [1.807, 2.05) is 25.1 Å². The third kappa shape index (κ3) is 4.69. The maximum Gasteiger partial charge on any atom is 0.255 e. The second kappa shape index (κ2) is 7.99. The van der Waals surface area contributed by atoms with Crippen molar-refractivity contribution in [2.75, 3.05) is 18.5 Å². The van der Waals surface area contributed by atoms with Crippen LogP contribution in [0, 0.1) is 6.92 Å². The third-order valence-corrected chi connectivity index (χ3v) is 5.67. The predicted molar refractivity (Wildman–Crippen MR) is 99.7 cm³/mol. The highest BCUT2D eigenvalue weighted by molar-refractivity contribution is 7.89. The highest BCUT2D eigenvalue weighted by atomic mass is 32.2. The van der Waals surface area contributed by atoms with Crippen molar-refractivity contribution in [1.29, 1.82) is 0 Å². The Bertz CT molecular complexity index is 873. The van der Waals surface area contributed by atoms with Crippen molar-refractivity contribution >= 4 is 21.6 Å². The minimum atomic E-state index is -3.62. The molecule has 0 aliphatic carbocycles. The maximum atomic E-state index is 12.3. The Morgan fingerprint density at radius 1 is 1.19 bits per heavy atom. The number of benzene rings is 2. The Hall–Kier alpha value is -2.22. The number of rotatable bonds is 6. The summed E-state index contributed by atoms with van der Waals surface area (Å²) in [6, 6.07) is 13.4. The highest BCUT2D eigenvalue weighted by Crippen LogP contribution is 2.15. The molecule has 1 amide bonds. The van der Waals surface area contributed by atoms with Gasteiger partial charge in [-0.1, -0.05) is 12.1 Å². The number of hydrogen-bond donors (Lipinski definition) is 2. The van der Waals surface area contributed by atoms with Crippen LogP contribution >= 0.6 is 0 Å². The Morgan fingerprint density at radius 3 is 2.62 bits per heavy atom. The number of aryl methyl sites for hydroxylation is 1. The summed E-state index contributed by atoms with van der Waals surface area (Å²) in [5.41, 5.74) is 2.14. The van der Waals surface area contributed by atoms with Gasteiger partial charge >= 0.3 is 0 Å². The molecule has 0 bridgehead atoms. The van der Waals surface area contributed by atoms with Crippen LogP contribution in [0.1, 0.15) is 28.8 Å². The first-order valence-corrected chi connectivity index (χ1v) is 10.0. The van der Waals surface area contributed by atoms with Gasteiger partial charge in [0.25, 0.3) is 5.91 Å². The van der Waals surface area contributed by atoms with E-state index in [4.69, 9.17) is 4.74 Å². The smallest absolute Gasteiger partial charge is 0.255 e. The second-order valence-electron chi connectivity index (χ2n) is 6.33. The number of carbonyl (C=O) groups is 1. The molecule has 2 N–H and O–H groups in total. The van der Waals surface area contributed by atoms with E-state index in [1.54, 1.807) is 6.07 Å². The van der Waals surface area contributed by atoms with Gasteiger partial charge in [-0.25, -0.2) is 13.1 Å². The van der Waals surface area contributed by atoms with E-state index in [-0.39, 0.29) is 23.5 Å². The van der Waals surface area contributed by atoms with Gasteiger partial charge in [0.05, 0.1) is 11.0 Å². The summed E-state index contributed by atoms with van der Waals surface area (Å²) in [6.07, 6.45) is 1.75. The molecular weight excluding hydrogens is 352 g/mol. The molecule has 0 spiro atoms. The average Bonchev–Trinajstić information content (AvgIpc) is 3.14. The van der Waals surface area contributed by atoms with Crippen LogP contribution in [-0.2, 0) is 14.8 Å². The summed E-state index contributed by atoms with van der Waals surface area (Å²) in [7, 11) is -3.62. The highest BCUT2D eigenvalue weighted by Gasteiger charge is 2.20. The summed E-state index contributed by atoms with van der Waals surface area (Å²) >= 11 is 0. The molecule has 26 heavy (non-hydrogen) atoms. The van der Waals surface area contributed by atoms with E-state index in [0.717, 1.165) is 18.4 Å². The summed E-state index contributed by atoms with van der Waals surface area (Å²) in [6.45, 7) is 2.88. The van der Waals surface area contributed by atoms with Gasteiger partial charge in [0.1, 0.15) is 0 Å². The van der Waals surface area contributed by atoms with E-state index in [1.165, 1.54) is 24.3 Å². The van der Waals surface area contributed by atoms with Crippen LogP contribution < -0.4 is 10.0 Å². The summed E-state index contributed by atoms with van der Waals surface area (Å²) in [5.74, 6) is -0.285. The molecular formula is C19H22N2O4S. The lowest BCUT2D eigenvalue weighted by Gasteiger charge is -2.12. The van der Waals surface area contributed by atoms with Crippen molar-refractivity contribution in [3.05, 3.63) is 59.7 Å². The third-order valence-electron chi connectivity index (χ3n) is 4.23. The molecule has 6 nitrogen and oxygen atoms in total. The molecule has 0 radical (unpaired) electrons. The normalized spacial score (nSPS) is 17.2. The fourth-order valence-corrected chi connectivity index (χ4v) is 3.87. The van der Waals surface area contributed by atoms with Gasteiger partial charge < -0.3 is 10.1 Å². The SMILES string of the molecule is Cc1cccc(NC(=O)c2ccc(S(=O)(=O)NCC3CCCO3)cc2)c1. The van der Waals surface area contributed by atoms with Gasteiger partial charge in [-0.2, -0.15) is 0 Å². The molecule has 138 valence electrons. The van der Waals surface area contributed by atoms with Crippen LogP contribution in [0.5, 0.6) is 0 Å². The molecule has 1 heterocycles. The van der Waals surface area contributed by atoms with E-state index >= 15 is 0 Å². The van der Waals surface area contributed by atoms with Crippen LogP contribution in [0.4, 0.5) is 5.69 Å². The number of amides is 1. The molecule has 0 aromatic heterocycles. The van der Waals surface area contributed by atoms with Gasteiger partial charge in [-0.05, 0) is 61.7 Å². The molecule has 2 aromatic carbocycles. The van der Waals surface area contributed by atoms with E-state index in [0.29, 0.717) is 17.9 Å². The Morgan fingerprint density at radius 2 is 1.96 bits per heavy atom. The van der Waals surface area contributed by atoms with E-state index < -0.39 is 10.0 Å². The van der Waals surface area contributed by atoms with Crippen molar-refractivity contribution < 1.29 is 17.9 Å². The topological polar surface area (TPSA) is 84.5 Å². The first-order valence-electron chi connectivity index (χ1n) is 8.53.